The Bertz CT molecular complexity index is 165. The zero-order valence-corrected chi connectivity index (χ0v) is 8.42. The lowest BCUT2D eigenvalue weighted by molar-refractivity contribution is 0.200. The lowest BCUT2D eigenvalue weighted by Crippen LogP contribution is -2.37. The fourth-order valence-electron chi connectivity index (χ4n) is 1.80. The van der Waals surface area contributed by atoms with Crippen LogP contribution >= 0.6 is 0 Å². The van der Waals surface area contributed by atoms with E-state index >= 15 is 0 Å². The van der Waals surface area contributed by atoms with E-state index in [0.717, 1.165) is 32.1 Å². The fourth-order valence-corrected chi connectivity index (χ4v) is 1.80. The van der Waals surface area contributed by atoms with E-state index in [9.17, 15) is 0 Å². The summed E-state index contributed by atoms with van der Waals surface area (Å²) in [5.41, 5.74) is 0. The van der Waals surface area contributed by atoms with Crippen LogP contribution in [-0.2, 0) is 0 Å². The highest BCUT2D eigenvalue weighted by Crippen LogP contribution is 2.15. The highest BCUT2D eigenvalue weighted by atomic mass is 15.1. The third-order valence-corrected chi connectivity index (χ3v) is 2.68. The molecule has 3 nitrogen and oxygen atoms in total. The first-order chi connectivity index (χ1) is 6.36. The van der Waals surface area contributed by atoms with Crippen molar-refractivity contribution in [3.8, 4) is 6.07 Å². The van der Waals surface area contributed by atoms with Crippen LogP contribution in [0.4, 0.5) is 0 Å². The molecule has 3 heteroatoms. The normalized spacial score (nSPS) is 20.0. The Labute approximate surface area is 80.7 Å². The first-order valence-corrected chi connectivity index (χ1v) is 5.16. The minimum Gasteiger partial charge on any atom is -0.317 e. The first kappa shape index (κ1) is 10.5. The van der Waals surface area contributed by atoms with Gasteiger partial charge in [0.15, 0.2) is 0 Å². The van der Waals surface area contributed by atoms with Gasteiger partial charge in [0.25, 0.3) is 0 Å². The van der Waals surface area contributed by atoms with Gasteiger partial charge in [-0.15, -0.1) is 0 Å². The zero-order chi connectivity index (χ0) is 9.52. The van der Waals surface area contributed by atoms with Crippen LogP contribution in [-0.4, -0.2) is 37.6 Å². The van der Waals surface area contributed by atoms with Crippen LogP contribution in [0.2, 0.25) is 0 Å². The molecular formula is C10H19N3. The molecule has 1 heterocycles. The van der Waals surface area contributed by atoms with Gasteiger partial charge in [0.1, 0.15) is 0 Å². The molecule has 1 aliphatic rings. The molecule has 0 aromatic heterocycles. The maximum absolute atomic E-state index is 8.52. The van der Waals surface area contributed by atoms with Gasteiger partial charge in [-0.05, 0) is 44.9 Å². The first-order valence-electron chi connectivity index (χ1n) is 5.16. The molecule has 0 radical (unpaired) electrons. The molecule has 13 heavy (non-hydrogen) atoms. The molecule has 1 saturated heterocycles. The van der Waals surface area contributed by atoms with Crippen molar-refractivity contribution in [3.05, 3.63) is 0 Å². The van der Waals surface area contributed by atoms with E-state index < -0.39 is 0 Å². The van der Waals surface area contributed by atoms with Crippen molar-refractivity contribution in [3.63, 3.8) is 0 Å². The van der Waals surface area contributed by atoms with Crippen molar-refractivity contribution in [2.75, 3.05) is 32.7 Å². The Balaban J connectivity index is 2.12. The molecule has 74 valence electrons. The number of hydrogen-bond acceptors (Lipinski definition) is 3. The van der Waals surface area contributed by atoms with Gasteiger partial charge in [-0.25, -0.2) is 0 Å². The van der Waals surface area contributed by atoms with Gasteiger partial charge in [0, 0.05) is 0 Å². The maximum Gasteiger partial charge on any atom is 0.0865 e. The molecule has 1 aliphatic heterocycles. The van der Waals surface area contributed by atoms with Crippen LogP contribution in [0.1, 0.15) is 19.8 Å². The van der Waals surface area contributed by atoms with E-state index in [1.807, 2.05) is 0 Å². The second-order valence-electron chi connectivity index (χ2n) is 3.69. The number of piperidine rings is 1. The summed E-state index contributed by atoms with van der Waals surface area (Å²) in [6, 6.07) is 2.21. The molecule has 0 spiro atoms. The Morgan fingerprint density at radius 3 is 2.69 bits per heavy atom. The highest BCUT2D eigenvalue weighted by Gasteiger charge is 2.17. The summed E-state index contributed by atoms with van der Waals surface area (Å²) in [4.78, 5) is 2.24. The van der Waals surface area contributed by atoms with Crippen molar-refractivity contribution in [2.45, 2.75) is 19.8 Å². The predicted octanol–water partition coefficient (Wildman–Crippen LogP) is 0.831. The van der Waals surface area contributed by atoms with Gasteiger partial charge in [-0.1, -0.05) is 6.92 Å². The van der Waals surface area contributed by atoms with Gasteiger partial charge in [0.2, 0.25) is 0 Å². The third kappa shape index (κ3) is 3.75. The van der Waals surface area contributed by atoms with E-state index in [1.54, 1.807) is 0 Å². The molecular weight excluding hydrogens is 162 g/mol. The maximum atomic E-state index is 8.52. The predicted molar refractivity (Wildman–Crippen MR) is 53.3 cm³/mol. The molecule has 0 bridgehead atoms. The molecule has 0 aliphatic carbocycles. The summed E-state index contributed by atoms with van der Waals surface area (Å²) >= 11 is 0. The monoisotopic (exact) mass is 181 g/mol. The van der Waals surface area contributed by atoms with Crippen molar-refractivity contribution in [1.82, 2.24) is 10.2 Å². The number of nitriles is 1. The highest BCUT2D eigenvalue weighted by molar-refractivity contribution is 4.81. The van der Waals surface area contributed by atoms with Crippen LogP contribution in [0.3, 0.4) is 0 Å². The lowest BCUT2D eigenvalue weighted by Gasteiger charge is -2.30. The van der Waals surface area contributed by atoms with Gasteiger partial charge < -0.3 is 5.32 Å². The molecule has 1 N–H and O–H groups in total. The van der Waals surface area contributed by atoms with Crippen molar-refractivity contribution < 1.29 is 0 Å². The summed E-state index contributed by atoms with van der Waals surface area (Å²) < 4.78 is 0. The molecule has 0 unspecified atom stereocenters. The zero-order valence-electron chi connectivity index (χ0n) is 8.42. The van der Waals surface area contributed by atoms with E-state index in [4.69, 9.17) is 5.26 Å². The quantitative estimate of drug-likeness (QED) is 0.653. The fraction of sp³-hybridized carbons (Fsp3) is 0.900. The van der Waals surface area contributed by atoms with Gasteiger partial charge >= 0.3 is 0 Å². The lowest BCUT2D eigenvalue weighted by atomic mass is 9.97. The topological polar surface area (TPSA) is 39.1 Å². The van der Waals surface area contributed by atoms with Gasteiger partial charge in [0.05, 0.1) is 12.6 Å². The Morgan fingerprint density at radius 2 is 2.15 bits per heavy atom. The van der Waals surface area contributed by atoms with E-state index in [2.05, 4.69) is 23.2 Å². The van der Waals surface area contributed by atoms with Crippen LogP contribution < -0.4 is 5.32 Å². The number of nitrogens with one attached hydrogen (secondary N) is 1. The van der Waals surface area contributed by atoms with Crippen molar-refractivity contribution >= 4 is 0 Å². The second kappa shape index (κ2) is 5.95. The van der Waals surface area contributed by atoms with Crippen molar-refractivity contribution in [1.29, 1.82) is 5.26 Å². The Kier molecular flexibility index (Phi) is 4.81. The molecule has 0 amide bonds. The summed E-state index contributed by atoms with van der Waals surface area (Å²) in [5.74, 6) is 0.829. The van der Waals surface area contributed by atoms with Crippen LogP contribution in [0.15, 0.2) is 0 Å². The largest absolute Gasteiger partial charge is 0.317 e. The standard InChI is InChI=1S/C10H19N3/c1-2-12-9-10-3-6-13(7-4-10)8-5-11/h10,12H,2-4,6-9H2,1H3. The number of hydrogen-bond donors (Lipinski definition) is 1. The minimum atomic E-state index is 0.605. The second-order valence-corrected chi connectivity index (χ2v) is 3.69. The summed E-state index contributed by atoms with van der Waals surface area (Å²) in [7, 11) is 0. The SMILES string of the molecule is CCNCC1CCN(CC#N)CC1. The number of likely N-dealkylation sites (tertiary alicyclic amines) is 1. The molecule has 0 saturated carbocycles. The van der Waals surface area contributed by atoms with Crippen LogP contribution in [0.25, 0.3) is 0 Å². The van der Waals surface area contributed by atoms with E-state index in [0.29, 0.717) is 6.54 Å². The van der Waals surface area contributed by atoms with Gasteiger partial charge in [-0.2, -0.15) is 5.26 Å². The van der Waals surface area contributed by atoms with Crippen molar-refractivity contribution in [2.24, 2.45) is 5.92 Å². The molecule has 0 atom stereocenters. The number of rotatable bonds is 4. The average molecular weight is 181 g/mol. The Hall–Kier alpha value is -0.590. The molecule has 0 aromatic rings. The van der Waals surface area contributed by atoms with E-state index in [-0.39, 0.29) is 0 Å². The molecule has 1 rings (SSSR count). The third-order valence-electron chi connectivity index (χ3n) is 2.68. The minimum absolute atomic E-state index is 0.605. The smallest absolute Gasteiger partial charge is 0.0865 e. The van der Waals surface area contributed by atoms with Gasteiger partial charge in [-0.3, -0.25) is 4.90 Å². The van der Waals surface area contributed by atoms with Crippen LogP contribution in [0, 0.1) is 17.2 Å². The van der Waals surface area contributed by atoms with E-state index in [1.165, 1.54) is 12.8 Å². The number of nitrogens with zero attached hydrogens (tertiary/aromatic N) is 2. The molecule has 0 aromatic carbocycles. The van der Waals surface area contributed by atoms with Crippen LogP contribution in [0.5, 0.6) is 0 Å². The Morgan fingerprint density at radius 1 is 1.46 bits per heavy atom. The molecule has 1 fully saturated rings. The summed E-state index contributed by atoms with van der Waals surface area (Å²) in [6.07, 6.45) is 2.49. The average Bonchev–Trinajstić information content (AvgIpc) is 2.17. The summed E-state index contributed by atoms with van der Waals surface area (Å²) in [6.45, 7) is 7.17. The summed E-state index contributed by atoms with van der Waals surface area (Å²) in [5, 5.41) is 11.9.